The van der Waals surface area contributed by atoms with Crippen LogP contribution in [-0.4, -0.2) is 40.2 Å². The molecule has 152 valence electrons. The van der Waals surface area contributed by atoms with E-state index in [1.807, 2.05) is 49.4 Å². The molecule has 3 heterocycles. The fraction of sp³-hybridized carbons (Fsp3) is 0.364. The highest BCUT2D eigenvalue weighted by Gasteiger charge is 2.27. The third-order valence-electron chi connectivity index (χ3n) is 5.38. The maximum Gasteiger partial charge on any atom is 0.256 e. The summed E-state index contributed by atoms with van der Waals surface area (Å²) in [5.74, 6) is 0.664. The summed E-state index contributed by atoms with van der Waals surface area (Å²) in [6.45, 7) is 4.82. The SMILES string of the molecule is Cc1nn(Cc2ccccc2)c(Cl)c1C(=O)NC[C@H](c1ccco1)N1CCCC1. The Labute approximate surface area is 175 Å². The van der Waals surface area contributed by atoms with Gasteiger partial charge < -0.3 is 9.73 Å². The normalized spacial score (nSPS) is 15.5. The standard InChI is InChI=1S/C22H25ClN4O2/c1-16-20(21(23)27(25-16)15-17-8-3-2-4-9-17)22(28)24-14-18(19-10-7-13-29-19)26-11-5-6-12-26/h2-4,7-10,13,18H,5-6,11-12,14-15H2,1H3,(H,24,28)/t18-/m1/s1. The van der Waals surface area contributed by atoms with Crippen LogP contribution in [0.4, 0.5) is 0 Å². The fourth-order valence-electron chi connectivity index (χ4n) is 3.89. The van der Waals surface area contributed by atoms with Crippen LogP contribution in [0.25, 0.3) is 0 Å². The van der Waals surface area contributed by atoms with Gasteiger partial charge in [-0.25, -0.2) is 4.68 Å². The number of aryl methyl sites for hydroxylation is 1. The number of hydrogen-bond acceptors (Lipinski definition) is 4. The van der Waals surface area contributed by atoms with E-state index < -0.39 is 0 Å². The van der Waals surface area contributed by atoms with E-state index in [0.29, 0.717) is 29.5 Å². The summed E-state index contributed by atoms with van der Waals surface area (Å²) in [5, 5.41) is 7.88. The first-order valence-electron chi connectivity index (χ1n) is 9.96. The number of carbonyl (C=O) groups is 1. The van der Waals surface area contributed by atoms with E-state index in [2.05, 4.69) is 15.3 Å². The second kappa shape index (κ2) is 8.84. The molecule has 6 nitrogen and oxygen atoms in total. The molecule has 0 aliphatic carbocycles. The number of likely N-dealkylation sites (tertiary alicyclic amines) is 1. The molecule has 1 aliphatic heterocycles. The van der Waals surface area contributed by atoms with Crippen LogP contribution in [0.5, 0.6) is 0 Å². The van der Waals surface area contributed by atoms with Crippen molar-refractivity contribution < 1.29 is 9.21 Å². The number of rotatable bonds is 7. The van der Waals surface area contributed by atoms with Gasteiger partial charge in [0.2, 0.25) is 0 Å². The van der Waals surface area contributed by atoms with Gasteiger partial charge in [-0.15, -0.1) is 0 Å². The number of aromatic nitrogens is 2. The summed E-state index contributed by atoms with van der Waals surface area (Å²) in [7, 11) is 0. The predicted molar refractivity (Wildman–Crippen MR) is 112 cm³/mol. The molecule has 1 N–H and O–H groups in total. The summed E-state index contributed by atoms with van der Waals surface area (Å²) in [4.78, 5) is 15.3. The van der Waals surface area contributed by atoms with Crippen molar-refractivity contribution in [3.63, 3.8) is 0 Å². The number of carbonyl (C=O) groups excluding carboxylic acids is 1. The van der Waals surface area contributed by atoms with Gasteiger partial charge >= 0.3 is 0 Å². The molecule has 29 heavy (non-hydrogen) atoms. The Morgan fingerprint density at radius 1 is 1.21 bits per heavy atom. The lowest BCUT2D eigenvalue weighted by Gasteiger charge is -2.26. The van der Waals surface area contributed by atoms with Crippen molar-refractivity contribution in [2.45, 2.75) is 32.4 Å². The van der Waals surface area contributed by atoms with Gasteiger partial charge in [-0.3, -0.25) is 9.69 Å². The molecular weight excluding hydrogens is 388 g/mol. The monoisotopic (exact) mass is 412 g/mol. The third-order valence-corrected chi connectivity index (χ3v) is 5.76. The Kier molecular flexibility index (Phi) is 6.02. The molecule has 1 atom stereocenters. The number of hydrogen-bond donors (Lipinski definition) is 1. The van der Waals surface area contributed by atoms with E-state index >= 15 is 0 Å². The molecule has 0 spiro atoms. The summed E-state index contributed by atoms with van der Waals surface area (Å²) < 4.78 is 7.30. The lowest BCUT2D eigenvalue weighted by atomic mass is 10.1. The van der Waals surface area contributed by atoms with Crippen molar-refractivity contribution in [1.29, 1.82) is 0 Å². The Hall–Kier alpha value is -2.57. The Balaban J connectivity index is 1.48. The second-order valence-electron chi connectivity index (χ2n) is 7.38. The molecule has 2 aromatic heterocycles. The van der Waals surface area contributed by atoms with Gasteiger partial charge in [-0.2, -0.15) is 5.10 Å². The number of amides is 1. The molecule has 4 rings (SSSR count). The number of nitrogens with one attached hydrogen (secondary N) is 1. The minimum Gasteiger partial charge on any atom is -0.468 e. The van der Waals surface area contributed by atoms with E-state index in [4.69, 9.17) is 16.0 Å². The van der Waals surface area contributed by atoms with E-state index in [1.165, 1.54) is 12.8 Å². The molecule has 0 saturated carbocycles. The molecule has 0 unspecified atom stereocenters. The molecule has 7 heteroatoms. The topological polar surface area (TPSA) is 63.3 Å². The average Bonchev–Trinajstić information content (AvgIpc) is 3.47. The molecule has 1 fully saturated rings. The average molecular weight is 413 g/mol. The van der Waals surface area contributed by atoms with Crippen LogP contribution in [-0.2, 0) is 6.54 Å². The van der Waals surface area contributed by atoms with Gasteiger partial charge in [-0.05, 0) is 50.6 Å². The van der Waals surface area contributed by atoms with E-state index in [0.717, 1.165) is 24.4 Å². The largest absolute Gasteiger partial charge is 0.468 e. The van der Waals surface area contributed by atoms with Gasteiger partial charge in [-0.1, -0.05) is 41.9 Å². The molecule has 0 radical (unpaired) electrons. The highest BCUT2D eigenvalue weighted by Crippen LogP contribution is 2.26. The summed E-state index contributed by atoms with van der Waals surface area (Å²) >= 11 is 6.53. The first kappa shape index (κ1) is 19.7. The van der Waals surface area contributed by atoms with E-state index in [1.54, 1.807) is 10.9 Å². The summed E-state index contributed by atoms with van der Waals surface area (Å²) in [6, 6.07) is 13.8. The van der Waals surface area contributed by atoms with Crippen LogP contribution in [0.1, 0.15) is 46.3 Å². The van der Waals surface area contributed by atoms with Crippen LogP contribution in [0.2, 0.25) is 5.15 Å². The van der Waals surface area contributed by atoms with Crippen LogP contribution in [0, 0.1) is 6.92 Å². The Morgan fingerprint density at radius 2 is 1.97 bits per heavy atom. The molecule has 1 aliphatic rings. The fourth-order valence-corrected chi connectivity index (χ4v) is 4.21. The van der Waals surface area contributed by atoms with Crippen LogP contribution in [0.15, 0.2) is 53.1 Å². The van der Waals surface area contributed by atoms with Gasteiger partial charge in [0.15, 0.2) is 0 Å². The summed E-state index contributed by atoms with van der Waals surface area (Å²) in [5.41, 5.74) is 2.14. The second-order valence-corrected chi connectivity index (χ2v) is 7.74. The molecule has 3 aromatic rings. The number of halogens is 1. The Bertz CT molecular complexity index is 947. The highest BCUT2D eigenvalue weighted by molar-refractivity contribution is 6.33. The maximum absolute atomic E-state index is 12.9. The smallest absolute Gasteiger partial charge is 0.256 e. The third kappa shape index (κ3) is 4.38. The zero-order chi connectivity index (χ0) is 20.2. The molecular formula is C22H25ClN4O2. The molecule has 1 saturated heterocycles. The van der Waals surface area contributed by atoms with Gasteiger partial charge in [0.25, 0.3) is 5.91 Å². The summed E-state index contributed by atoms with van der Waals surface area (Å²) in [6.07, 6.45) is 4.01. The zero-order valence-corrected chi connectivity index (χ0v) is 17.2. The van der Waals surface area contributed by atoms with Crippen LogP contribution < -0.4 is 5.32 Å². The Morgan fingerprint density at radius 3 is 2.66 bits per heavy atom. The maximum atomic E-state index is 12.9. The highest BCUT2D eigenvalue weighted by atomic mass is 35.5. The van der Waals surface area contributed by atoms with Crippen LogP contribution in [0.3, 0.4) is 0 Å². The minimum atomic E-state index is -0.206. The van der Waals surface area contributed by atoms with Crippen molar-refractivity contribution in [1.82, 2.24) is 20.0 Å². The van der Waals surface area contributed by atoms with Crippen molar-refractivity contribution >= 4 is 17.5 Å². The van der Waals surface area contributed by atoms with Gasteiger partial charge in [0.1, 0.15) is 10.9 Å². The number of nitrogens with zero attached hydrogens (tertiary/aromatic N) is 3. The lowest BCUT2D eigenvalue weighted by molar-refractivity contribution is 0.0933. The predicted octanol–water partition coefficient (Wildman–Crippen LogP) is 4.05. The van der Waals surface area contributed by atoms with E-state index in [-0.39, 0.29) is 11.9 Å². The molecule has 1 aromatic carbocycles. The first-order chi connectivity index (χ1) is 14.1. The van der Waals surface area contributed by atoms with Crippen molar-refractivity contribution in [2.24, 2.45) is 0 Å². The number of benzene rings is 1. The van der Waals surface area contributed by atoms with Gasteiger partial charge in [0.05, 0.1) is 30.1 Å². The quantitative estimate of drug-likeness (QED) is 0.635. The van der Waals surface area contributed by atoms with Crippen molar-refractivity contribution in [3.05, 3.63) is 76.5 Å². The van der Waals surface area contributed by atoms with Crippen molar-refractivity contribution in [2.75, 3.05) is 19.6 Å². The minimum absolute atomic E-state index is 0.0231. The lowest BCUT2D eigenvalue weighted by Crippen LogP contribution is -2.36. The van der Waals surface area contributed by atoms with E-state index in [9.17, 15) is 4.79 Å². The van der Waals surface area contributed by atoms with Gasteiger partial charge in [0, 0.05) is 6.54 Å². The number of furan rings is 1. The molecule has 1 amide bonds. The van der Waals surface area contributed by atoms with Crippen molar-refractivity contribution in [3.8, 4) is 0 Å². The first-order valence-corrected chi connectivity index (χ1v) is 10.3. The molecule has 0 bridgehead atoms. The van der Waals surface area contributed by atoms with Crippen LogP contribution >= 0.6 is 11.6 Å². The zero-order valence-electron chi connectivity index (χ0n) is 16.5.